The molecule has 0 N–H and O–H groups in total. The lowest BCUT2D eigenvalue weighted by Gasteiger charge is -2.29. The van der Waals surface area contributed by atoms with Gasteiger partial charge in [0.1, 0.15) is 11.2 Å². The molecule has 0 aliphatic carbocycles. The molecule has 0 aliphatic heterocycles. The highest BCUT2D eigenvalue weighted by Gasteiger charge is 2.20. The summed E-state index contributed by atoms with van der Waals surface area (Å²) in [5, 5.41) is 7.14. The van der Waals surface area contributed by atoms with Crippen molar-refractivity contribution in [2.45, 2.75) is 0 Å². The maximum Gasteiger partial charge on any atom is 0.135 e. The van der Waals surface area contributed by atoms with Crippen LogP contribution in [0.4, 0.5) is 17.1 Å². The van der Waals surface area contributed by atoms with Crippen LogP contribution in [0.5, 0.6) is 0 Å². The Morgan fingerprint density at radius 1 is 0.327 bits per heavy atom. The number of rotatable bonds is 6. The number of fused-ring (bicyclic) bond motifs is 5. The van der Waals surface area contributed by atoms with E-state index in [9.17, 15) is 0 Å². The highest BCUT2D eigenvalue weighted by Crippen LogP contribution is 2.46. The molecule has 1 heterocycles. The number of para-hydroxylation sites is 2. The summed E-state index contributed by atoms with van der Waals surface area (Å²) in [5.41, 5.74) is 12.2. The number of hydrogen-bond donors (Lipinski definition) is 0. The summed E-state index contributed by atoms with van der Waals surface area (Å²) < 4.78 is 6.17. The Balaban J connectivity index is 1.19. The Bertz CT molecular complexity index is 2910. The summed E-state index contributed by atoms with van der Waals surface area (Å²) in [6.45, 7) is 0. The minimum atomic E-state index is 0.901. The average Bonchev–Trinajstić information content (AvgIpc) is 3.59. The Hall–Kier alpha value is -6.90. The molecule has 2 heteroatoms. The maximum absolute atomic E-state index is 6.17. The third-order valence-electron chi connectivity index (χ3n) is 10.2. The second-order valence-corrected chi connectivity index (χ2v) is 13.3. The van der Waals surface area contributed by atoms with E-state index in [4.69, 9.17) is 4.42 Å². The van der Waals surface area contributed by atoms with E-state index in [2.05, 4.69) is 193 Å². The molecule has 2 nitrogen and oxygen atoms in total. The molecule has 0 saturated carbocycles. The number of nitrogens with zero attached hydrogens (tertiary/aromatic N) is 1. The minimum absolute atomic E-state index is 0.901. The van der Waals surface area contributed by atoms with E-state index in [1.54, 1.807) is 0 Å². The molecule has 0 spiro atoms. The smallest absolute Gasteiger partial charge is 0.135 e. The average molecular weight is 664 g/mol. The van der Waals surface area contributed by atoms with Crippen LogP contribution in [0, 0.1) is 0 Å². The van der Waals surface area contributed by atoms with Gasteiger partial charge in [-0.3, -0.25) is 0 Å². The summed E-state index contributed by atoms with van der Waals surface area (Å²) in [7, 11) is 0. The van der Waals surface area contributed by atoms with Crippen LogP contribution in [0.3, 0.4) is 0 Å². The van der Waals surface area contributed by atoms with Crippen LogP contribution in [0.1, 0.15) is 0 Å². The molecule has 0 unspecified atom stereocenters. The van der Waals surface area contributed by atoms with Crippen molar-refractivity contribution >= 4 is 60.5 Å². The Morgan fingerprint density at radius 3 is 1.87 bits per heavy atom. The molecule has 0 aliphatic rings. The van der Waals surface area contributed by atoms with Gasteiger partial charge in [-0.15, -0.1) is 0 Å². The van der Waals surface area contributed by atoms with Crippen LogP contribution in [0.2, 0.25) is 0 Å². The van der Waals surface area contributed by atoms with Crippen molar-refractivity contribution in [1.82, 2.24) is 0 Å². The number of benzene rings is 9. The van der Waals surface area contributed by atoms with Crippen LogP contribution in [-0.2, 0) is 0 Å². The molecule has 0 radical (unpaired) electrons. The van der Waals surface area contributed by atoms with Crippen LogP contribution in [0.15, 0.2) is 205 Å². The second kappa shape index (κ2) is 12.5. The summed E-state index contributed by atoms with van der Waals surface area (Å²) in [6.07, 6.45) is 0. The summed E-state index contributed by atoms with van der Waals surface area (Å²) >= 11 is 0. The van der Waals surface area contributed by atoms with Gasteiger partial charge in [0.05, 0.1) is 5.69 Å². The Kier molecular flexibility index (Phi) is 7.18. The third-order valence-corrected chi connectivity index (χ3v) is 10.2. The van der Waals surface area contributed by atoms with Crippen LogP contribution >= 0.6 is 0 Å². The molecule has 0 amide bonds. The van der Waals surface area contributed by atoms with Gasteiger partial charge in [0.15, 0.2) is 0 Å². The first-order valence-electron chi connectivity index (χ1n) is 17.8. The minimum Gasteiger partial charge on any atom is -0.456 e. The highest BCUT2D eigenvalue weighted by molar-refractivity contribution is 6.09. The molecular formula is C50H33NO. The quantitative estimate of drug-likeness (QED) is 0.176. The van der Waals surface area contributed by atoms with Crippen molar-refractivity contribution in [2.75, 3.05) is 4.90 Å². The molecule has 0 bridgehead atoms. The zero-order chi connectivity index (χ0) is 34.4. The van der Waals surface area contributed by atoms with E-state index < -0.39 is 0 Å². The van der Waals surface area contributed by atoms with Gasteiger partial charge < -0.3 is 9.32 Å². The number of anilines is 3. The van der Waals surface area contributed by atoms with Gasteiger partial charge in [-0.1, -0.05) is 152 Å². The van der Waals surface area contributed by atoms with Gasteiger partial charge in [-0.25, -0.2) is 0 Å². The summed E-state index contributed by atoms with van der Waals surface area (Å²) in [6, 6.07) is 71.9. The molecule has 10 aromatic rings. The summed E-state index contributed by atoms with van der Waals surface area (Å²) in [4.78, 5) is 2.42. The molecule has 244 valence electrons. The van der Waals surface area contributed by atoms with E-state index >= 15 is 0 Å². The normalized spacial score (nSPS) is 11.5. The third kappa shape index (κ3) is 5.12. The van der Waals surface area contributed by atoms with Crippen LogP contribution in [0.25, 0.3) is 76.9 Å². The summed E-state index contributed by atoms with van der Waals surface area (Å²) in [5.74, 6) is 0. The van der Waals surface area contributed by atoms with Crippen molar-refractivity contribution in [3.8, 4) is 33.4 Å². The first kappa shape index (κ1) is 30.0. The molecular weight excluding hydrogens is 631 g/mol. The van der Waals surface area contributed by atoms with Crippen molar-refractivity contribution < 1.29 is 4.42 Å². The van der Waals surface area contributed by atoms with E-state index in [1.807, 2.05) is 12.1 Å². The second-order valence-electron chi connectivity index (χ2n) is 13.3. The molecule has 0 fully saturated rings. The standard InChI is InChI=1S/C50H33NO/c1-2-14-35(15-3-1)42-23-11-17-36-18-12-24-45(50(36)42)43-21-6-8-25-47(43)51(41-29-27-34-13-4-5-16-37(34)31-41)40-20-10-19-38(32-40)39-28-30-49-46(33-39)44-22-7-9-26-48(44)52-49/h1-33H. The van der Waals surface area contributed by atoms with E-state index in [0.29, 0.717) is 0 Å². The largest absolute Gasteiger partial charge is 0.456 e. The Labute approximate surface area is 302 Å². The first-order chi connectivity index (χ1) is 25.8. The zero-order valence-corrected chi connectivity index (χ0v) is 28.4. The molecule has 1 aromatic heterocycles. The molecule has 9 aromatic carbocycles. The van der Waals surface area contributed by atoms with Crippen molar-refractivity contribution in [3.05, 3.63) is 200 Å². The van der Waals surface area contributed by atoms with Gasteiger partial charge in [-0.05, 0) is 97.9 Å². The van der Waals surface area contributed by atoms with Gasteiger partial charge >= 0.3 is 0 Å². The number of hydrogen-bond acceptors (Lipinski definition) is 2. The fourth-order valence-corrected chi connectivity index (χ4v) is 7.79. The maximum atomic E-state index is 6.17. The SMILES string of the molecule is c1ccc(-c2cccc3cccc(-c4ccccc4N(c4cccc(-c5ccc6oc7ccccc7c6c5)c4)c4ccc5ccccc5c4)c23)cc1. The van der Waals surface area contributed by atoms with Crippen molar-refractivity contribution in [1.29, 1.82) is 0 Å². The molecule has 0 atom stereocenters. The first-order valence-corrected chi connectivity index (χ1v) is 17.8. The lowest BCUT2D eigenvalue weighted by Crippen LogP contribution is -2.11. The fraction of sp³-hybridized carbons (Fsp3) is 0. The van der Waals surface area contributed by atoms with Crippen LogP contribution in [-0.4, -0.2) is 0 Å². The fourth-order valence-electron chi connectivity index (χ4n) is 7.79. The monoisotopic (exact) mass is 663 g/mol. The molecule has 10 rings (SSSR count). The van der Waals surface area contributed by atoms with Gasteiger partial charge in [0.2, 0.25) is 0 Å². The van der Waals surface area contributed by atoms with Crippen LogP contribution < -0.4 is 4.90 Å². The van der Waals surface area contributed by atoms with Gasteiger partial charge in [0.25, 0.3) is 0 Å². The predicted octanol–water partition coefficient (Wildman–Crippen LogP) is 14.4. The highest BCUT2D eigenvalue weighted by atomic mass is 16.3. The number of furan rings is 1. The topological polar surface area (TPSA) is 16.4 Å². The zero-order valence-electron chi connectivity index (χ0n) is 28.4. The lowest BCUT2D eigenvalue weighted by molar-refractivity contribution is 0.669. The van der Waals surface area contributed by atoms with E-state index in [-0.39, 0.29) is 0 Å². The van der Waals surface area contributed by atoms with Gasteiger partial charge in [-0.2, -0.15) is 0 Å². The molecule has 52 heavy (non-hydrogen) atoms. The van der Waals surface area contributed by atoms with Gasteiger partial charge in [0, 0.05) is 27.7 Å². The Morgan fingerprint density at radius 2 is 0.962 bits per heavy atom. The van der Waals surface area contributed by atoms with E-state index in [0.717, 1.165) is 50.1 Å². The van der Waals surface area contributed by atoms with E-state index in [1.165, 1.54) is 43.8 Å². The molecule has 0 saturated heterocycles. The predicted molar refractivity (Wildman–Crippen MR) is 220 cm³/mol. The van der Waals surface area contributed by atoms with Crippen molar-refractivity contribution in [2.24, 2.45) is 0 Å². The van der Waals surface area contributed by atoms with Crippen molar-refractivity contribution in [3.63, 3.8) is 0 Å². The lowest BCUT2D eigenvalue weighted by atomic mass is 9.90.